The number of hydrogen-bond acceptors (Lipinski definition) is 5. The highest BCUT2D eigenvalue weighted by molar-refractivity contribution is 5.32. The minimum Gasteiger partial charge on any atom is -0.373 e. The molecule has 2 fully saturated rings. The molecule has 1 aromatic carbocycles. The van der Waals surface area contributed by atoms with Crippen LogP contribution in [0.1, 0.15) is 32.3 Å². The predicted octanol–water partition coefficient (Wildman–Crippen LogP) is 2.71. The SMILES string of the molecule is CC1CN(CC2CCCN2CCc2ccc([N+](=O)[O-])cc2)CC(C)O1. The van der Waals surface area contributed by atoms with Crippen LogP contribution in [-0.4, -0.2) is 65.7 Å². The second-order valence-corrected chi connectivity index (χ2v) is 7.48. The summed E-state index contributed by atoms with van der Waals surface area (Å²) < 4.78 is 5.84. The van der Waals surface area contributed by atoms with Crippen molar-refractivity contribution in [1.82, 2.24) is 9.80 Å². The van der Waals surface area contributed by atoms with Crippen LogP contribution >= 0.6 is 0 Å². The Labute approximate surface area is 149 Å². The molecule has 3 rings (SSSR count). The Morgan fingerprint density at radius 1 is 1.20 bits per heavy atom. The van der Waals surface area contributed by atoms with Crippen molar-refractivity contribution < 1.29 is 9.66 Å². The second kappa shape index (κ2) is 8.25. The molecule has 2 saturated heterocycles. The molecule has 25 heavy (non-hydrogen) atoms. The average molecular weight is 347 g/mol. The van der Waals surface area contributed by atoms with E-state index < -0.39 is 0 Å². The highest BCUT2D eigenvalue weighted by Gasteiger charge is 2.29. The van der Waals surface area contributed by atoms with Crippen LogP contribution in [0.5, 0.6) is 0 Å². The molecule has 2 aliphatic rings. The van der Waals surface area contributed by atoms with Gasteiger partial charge in [-0.1, -0.05) is 12.1 Å². The van der Waals surface area contributed by atoms with Gasteiger partial charge < -0.3 is 4.74 Å². The summed E-state index contributed by atoms with van der Waals surface area (Å²) in [6.07, 6.45) is 4.11. The topological polar surface area (TPSA) is 58.9 Å². The molecular weight excluding hydrogens is 318 g/mol. The number of hydrogen-bond donors (Lipinski definition) is 0. The van der Waals surface area contributed by atoms with Gasteiger partial charge in [0.05, 0.1) is 17.1 Å². The Morgan fingerprint density at radius 3 is 2.52 bits per heavy atom. The summed E-state index contributed by atoms with van der Waals surface area (Å²) in [4.78, 5) is 15.5. The quantitative estimate of drug-likeness (QED) is 0.585. The Kier molecular flexibility index (Phi) is 6.04. The highest BCUT2D eigenvalue weighted by Crippen LogP contribution is 2.21. The van der Waals surface area contributed by atoms with E-state index in [0.29, 0.717) is 18.2 Å². The van der Waals surface area contributed by atoms with Gasteiger partial charge in [-0.2, -0.15) is 0 Å². The smallest absolute Gasteiger partial charge is 0.269 e. The third-order valence-electron chi connectivity index (χ3n) is 5.30. The minimum atomic E-state index is -0.343. The molecule has 3 unspecified atom stereocenters. The van der Waals surface area contributed by atoms with Crippen LogP contribution in [0, 0.1) is 10.1 Å². The second-order valence-electron chi connectivity index (χ2n) is 7.48. The summed E-state index contributed by atoms with van der Waals surface area (Å²) in [7, 11) is 0. The third-order valence-corrected chi connectivity index (χ3v) is 5.30. The predicted molar refractivity (Wildman–Crippen MR) is 97.8 cm³/mol. The zero-order chi connectivity index (χ0) is 17.8. The number of benzene rings is 1. The molecule has 6 nitrogen and oxygen atoms in total. The molecule has 0 amide bonds. The molecule has 0 aromatic heterocycles. The van der Waals surface area contributed by atoms with Crippen molar-refractivity contribution in [2.75, 3.05) is 32.7 Å². The number of rotatable bonds is 6. The summed E-state index contributed by atoms with van der Waals surface area (Å²) >= 11 is 0. The molecule has 0 saturated carbocycles. The van der Waals surface area contributed by atoms with Gasteiger partial charge in [0.2, 0.25) is 0 Å². The molecule has 3 atom stereocenters. The van der Waals surface area contributed by atoms with Gasteiger partial charge in [0, 0.05) is 44.4 Å². The zero-order valence-corrected chi connectivity index (χ0v) is 15.3. The first-order chi connectivity index (χ1) is 12.0. The summed E-state index contributed by atoms with van der Waals surface area (Å²) in [6, 6.07) is 7.60. The molecule has 138 valence electrons. The van der Waals surface area contributed by atoms with Gasteiger partial charge in [0.1, 0.15) is 0 Å². The van der Waals surface area contributed by atoms with Crippen molar-refractivity contribution in [2.24, 2.45) is 0 Å². The lowest BCUT2D eigenvalue weighted by Crippen LogP contribution is -2.50. The van der Waals surface area contributed by atoms with Gasteiger partial charge in [-0.3, -0.25) is 19.9 Å². The maximum atomic E-state index is 10.7. The van der Waals surface area contributed by atoms with Crippen molar-refractivity contribution in [3.05, 3.63) is 39.9 Å². The number of ether oxygens (including phenoxy) is 1. The van der Waals surface area contributed by atoms with Gasteiger partial charge in [0.25, 0.3) is 5.69 Å². The standard InChI is InChI=1S/C19H29N3O3/c1-15-12-20(13-16(2)25-15)14-19-4-3-10-21(19)11-9-17-5-7-18(8-6-17)22(23)24/h5-8,15-16,19H,3-4,9-14H2,1-2H3. The maximum absolute atomic E-state index is 10.7. The van der Waals surface area contributed by atoms with Crippen LogP contribution in [0.4, 0.5) is 5.69 Å². The molecule has 2 heterocycles. The van der Waals surface area contributed by atoms with Gasteiger partial charge in [-0.25, -0.2) is 0 Å². The maximum Gasteiger partial charge on any atom is 0.269 e. The zero-order valence-electron chi connectivity index (χ0n) is 15.3. The Balaban J connectivity index is 1.50. The first kappa shape index (κ1) is 18.3. The van der Waals surface area contributed by atoms with Crippen LogP contribution in [0.25, 0.3) is 0 Å². The number of morpholine rings is 1. The molecule has 0 aliphatic carbocycles. The molecule has 0 spiro atoms. The van der Waals surface area contributed by atoms with E-state index in [1.165, 1.54) is 18.4 Å². The Bertz CT molecular complexity index is 568. The van der Waals surface area contributed by atoms with Crippen molar-refractivity contribution in [3.8, 4) is 0 Å². The van der Waals surface area contributed by atoms with Gasteiger partial charge in [0.15, 0.2) is 0 Å². The van der Waals surface area contributed by atoms with E-state index in [1.54, 1.807) is 12.1 Å². The number of non-ortho nitro benzene ring substituents is 1. The van der Waals surface area contributed by atoms with Gasteiger partial charge in [-0.15, -0.1) is 0 Å². The van der Waals surface area contributed by atoms with Crippen molar-refractivity contribution >= 4 is 5.69 Å². The lowest BCUT2D eigenvalue weighted by atomic mass is 10.1. The molecular formula is C19H29N3O3. The van der Waals surface area contributed by atoms with Crippen LogP contribution in [0.2, 0.25) is 0 Å². The number of nitro groups is 1. The normalized spacial score (nSPS) is 28.3. The lowest BCUT2D eigenvalue weighted by molar-refractivity contribution is -0.384. The first-order valence-corrected chi connectivity index (χ1v) is 9.36. The molecule has 6 heteroatoms. The first-order valence-electron chi connectivity index (χ1n) is 9.36. The lowest BCUT2D eigenvalue weighted by Gasteiger charge is -2.38. The molecule has 0 N–H and O–H groups in total. The molecule has 2 aliphatic heterocycles. The van der Waals surface area contributed by atoms with Crippen LogP contribution in [0.15, 0.2) is 24.3 Å². The van der Waals surface area contributed by atoms with E-state index in [4.69, 9.17) is 4.74 Å². The molecule has 0 bridgehead atoms. The van der Waals surface area contributed by atoms with E-state index in [2.05, 4.69) is 23.6 Å². The van der Waals surface area contributed by atoms with E-state index in [1.807, 2.05) is 12.1 Å². The average Bonchev–Trinajstić information content (AvgIpc) is 2.99. The summed E-state index contributed by atoms with van der Waals surface area (Å²) in [5.41, 5.74) is 1.34. The Morgan fingerprint density at radius 2 is 1.88 bits per heavy atom. The van der Waals surface area contributed by atoms with Gasteiger partial charge in [-0.05, 0) is 45.2 Å². The monoisotopic (exact) mass is 347 g/mol. The van der Waals surface area contributed by atoms with Crippen molar-refractivity contribution in [2.45, 2.75) is 51.4 Å². The van der Waals surface area contributed by atoms with E-state index in [-0.39, 0.29) is 10.6 Å². The summed E-state index contributed by atoms with van der Waals surface area (Å²) in [6.45, 7) is 9.67. The van der Waals surface area contributed by atoms with Crippen LogP contribution in [-0.2, 0) is 11.2 Å². The molecule has 0 radical (unpaired) electrons. The van der Waals surface area contributed by atoms with Crippen molar-refractivity contribution in [1.29, 1.82) is 0 Å². The fourth-order valence-corrected chi connectivity index (χ4v) is 4.18. The number of nitrogens with zero attached hydrogens (tertiary/aromatic N) is 3. The minimum absolute atomic E-state index is 0.165. The highest BCUT2D eigenvalue weighted by atomic mass is 16.6. The van der Waals surface area contributed by atoms with Gasteiger partial charge >= 0.3 is 0 Å². The summed E-state index contributed by atoms with van der Waals surface area (Å²) in [5.74, 6) is 0. The Hall–Kier alpha value is -1.50. The van der Waals surface area contributed by atoms with E-state index in [9.17, 15) is 10.1 Å². The largest absolute Gasteiger partial charge is 0.373 e. The molecule has 1 aromatic rings. The fraction of sp³-hybridized carbons (Fsp3) is 0.684. The van der Waals surface area contributed by atoms with Crippen LogP contribution in [0.3, 0.4) is 0 Å². The fourth-order valence-electron chi connectivity index (χ4n) is 4.18. The van der Waals surface area contributed by atoms with Crippen LogP contribution < -0.4 is 0 Å². The number of nitro benzene ring substituents is 1. The van der Waals surface area contributed by atoms with E-state index in [0.717, 1.165) is 39.1 Å². The van der Waals surface area contributed by atoms with E-state index >= 15 is 0 Å². The summed E-state index contributed by atoms with van der Waals surface area (Å²) in [5, 5.41) is 10.7. The third kappa shape index (κ3) is 5.00. The van der Waals surface area contributed by atoms with Crippen molar-refractivity contribution in [3.63, 3.8) is 0 Å². The number of likely N-dealkylation sites (tertiary alicyclic amines) is 1.